The SMILES string of the molecule is Cc1ccsc1C1SC(C)C(=O)N1CCN(C)C(=O)Nc1ccc(C(F)(F)F)cc1. The summed E-state index contributed by atoms with van der Waals surface area (Å²) < 4.78 is 37.9. The third-order valence-electron chi connectivity index (χ3n) is 4.86. The highest BCUT2D eigenvalue weighted by atomic mass is 32.2. The van der Waals surface area contributed by atoms with E-state index in [2.05, 4.69) is 5.32 Å². The summed E-state index contributed by atoms with van der Waals surface area (Å²) in [5, 5.41) is 4.36. The van der Waals surface area contributed by atoms with E-state index in [9.17, 15) is 22.8 Å². The van der Waals surface area contributed by atoms with E-state index in [1.54, 1.807) is 35.0 Å². The average Bonchev–Trinajstić information content (AvgIpc) is 3.22. The number of benzene rings is 1. The van der Waals surface area contributed by atoms with E-state index in [1.165, 1.54) is 17.0 Å². The Labute approximate surface area is 181 Å². The third kappa shape index (κ3) is 4.92. The van der Waals surface area contributed by atoms with Gasteiger partial charge in [-0.25, -0.2) is 4.79 Å². The Morgan fingerprint density at radius 1 is 1.23 bits per heavy atom. The molecule has 1 aliphatic rings. The zero-order valence-corrected chi connectivity index (χ0v) is 18.3. The van der Waals surface area contributed by atoms with Gasteiger partial charge in [0.25, 0.3) is 0 Å². The maximum absolute atomic E-state index is 12.6. The molecule has 3 amide bonds. The van der Waals surface area contributed by atoms with Crippen LogP contribution in [0, 0.1) is 6.92 Å². The molecule has 0 saturated carbocycles. The number of nitrogens with one attached hydrogen (secondary N) is 1. The van der Waals surface area contributed by atoms with Crippen molar-refractivity contribution in [3.63, 3.8) is 0 Å². The molecule has 0 aliphatic carbocycles. The van der Waals surface area contributed by atoms with E-state index in [0.717, 1.165) is 22.6 Å². The van der Waals surface area contributed by atoms with Crippen LogP contribution in [0.15, 0.2) is 35.7 Å². The number of anilines is 1. The van der Waals surface area contributed by atoms with E-state index in [-0.39, 0.29) is 22.2 Å². The molecule has 0 spiro atoms. The number of hydrogen-bond donors (Lipinski definition) is 1. The van der Waals surface area contributed by atoms with Crippen LogP contribution in [0.5, 0.6) is 0 Å². The van der Waals surface area contributed by atoms with Crippen LogP contribution in [0.25, 0.3) is 0 Å². The summed E-state index contributed by atoms with van der Waals surface area (Å²) in [5.74, 6) is 0.0364. The second-order valence-electron chi connectivity index (χ2n) is 7.06. The van der Waals surface area contributed by atoms with Crippen molar-refractivity contribution in [3.8, 4) is 0 Å². The second-order valence-corrected chi connectivity index (χ2v) is 9.43. The van der Waals surface area contributed by atoms with Gasteiger partial charge in [0, 0.05) is 30.7 Å². The van der Waals surface area contributed by atoms with Crippen molar-refractivity contribution < 1.29 is 22.8 Å². The maximum atomic E-state index is 12.6. The number of aryl methyl sites for hydroxylation is 1. The van der Waals surface area contributed by atoms with Crippen molar-refractivity contribution in [3.05, 3.63) is 51.7 Å². The van der Waals surface area contributed by atoms with Crippen molar-refractivity contribution in [2.75, 3.05) is 25.5 Å². The van der Waals surface area contributed by atoms with Gasteiger partial charge in [-0.1, -0.05) is 0 Å². The Hall–Kier alpha value is -2.20. The number of thiophene rings is 1. The molecular formula is C20H22F3N3O2S2. The predicted molar refractivity (Wildman–Crippen MR) is 114 cm³/mol. The molecule has 30 heavy (non-hydrogen) atoms. The second kappa shape index (κ2) is 8.89. The van der Waals surface area contributed by atoms with Gasteiger partial charge in [0.1, 0.15) is 5.37 Å². The highest BCUT2D eigenvalue weighted by molar-refractivity contribution is 8.01. The highest BCUT2D eigenvalue weighted by Crippen LogP contribution is 2.45. The molecule has 162 valence electrons. The first-order valence-corrected chi connectivity index (χ1v) is 11.1. The van der Waals surface area contributed by atoms with Gasteiger partial charge in [0.15, 0.2) is 0 Å². The summed E-state index contributed by atoms with van der Waals surface area (Å²) in [4.78, 5) is 29.3. The molecule has 2 heterocycles. The van der Waals surface area contributed by atoms with Crippen LogP contribution >= 0.6 is 23.1 Å². The minimum absolute atomic E-state index is 0.0364. The molecule has 2 unspecified atom stereocenters. The molecule has 1 N–H and O–H groups in total. The van der Waals surface area contributed by atoms with Gasteiger partial charge in [-0.05, 0) is 55.1 Å². The lowest BCUT2D eigenvalue weighted by molar-refractivity contribution is -0.137. The fourth-order valence-electron chi connectivity index (χ4n) is 3.06. The highest BCUT2D eigenvalue weighted by Gasteiger charge is 2.39. The zero-order chi connectivity index (χ0) is 22.1. The lowest BCUT2D eigenvalue weighted by Gasteiger charge is -2.26. The van der Waals surface area contributed by atoms with Crippen LogP contribution in [0.2, 0.25) is 0 Å². The lowest BCUT2D eigenvalue weighted by Crippen LogP contribution is -2.40. The molecular weight excluding hydrogens is 435 g/mol. The molecule has 1 aliphatic heterocycles. The van der Waals surface area contributed by atoms with Crippen LogP contribution in [-0.2, 0) is 11.0 Å². The molecule has 1 fully saturated rings. The molecule has 5 nitrogen and oxygen atoms in total. The van der Waals surface area contributed by atoms with Gasteiger partial charge in [-0.2, -0.15) is 13.2 Å². The Kier molecular flexibility index (Phi) is 6.66. The quantitative estimate of drug-likeness (QED) is 0.671. The Bertz CT molecular complexity index is 915. The normalized spacial score (nSPS) is 19.3. The maximum Gasteiger partial charge on any atom is 0.416 e. The van der Waals surface area contributed by atoms with E-state index in [0.29, 0.717) is 13.1 Å². The van der Waals surface area contributed by atoms with E-state index >= 15 is 0 Å². The number of urea groups is 1. The summed E-state index contributed by atoms with van der Waals surface area (Å²) in [6.45, 7) is 4.56. The van der Waals surface area contributed by atoms with Gasteiger partial charge in [0.05, 0.1) is 10.8 Å². The zero-order valence-electron chi connectivity index (χ0n) is 16.7. The Morgan fingerprint density at radius 3 is 2.47 bits per heavy atom. The molecule has 0 radical (unpaired) electrons. The number of carbonyl (C=O) groups is 2. The van der Waals surface area contributed by atoms with Crippen molar-refractivity contribution in [2.45, 2.75) is 30.6 Å². The molecule has 3 rings (SSSR count). The minimum Gasteiger partial charge on any atom is -0.326 e. The average molecular weight is 458 g/mol. The van der Waals surface area contributed by atoms with Gasteiger partial charge >= 0.3 is 12.2 Å². The number of amides is 3. The number of halogens is 3. The van der Waals surface area contributed by atoms with Crippen LogP contribution < -0.4 is 5.32 Å². The molecule has 1 aromatic carbocycles. The summed E-state index contributed by atoms with van der Waals surface area (Å²) in [6, 6.07) is 5.84. The van der Waals surface area contributed by atoms with Gasteiger partial charge in [-0.3, -0.25) is 4.79 Å². The molecule has 1 aromatic heterocycles. The summed E-state index contributed by atoms with van der Waals surface area (Å²) in [7, 11) is 1.59. The van der Waals surface area contributed by atoms with Crippen molar-refractivity contribution >= 4 is 40.7 Å². The topological polar surface area (TPSA) is 52.7 Å². The standard InChI is InChI=1S/C20H22F3N3O2S2/c1-12-8-11-29-16(12)18-26(17(27)13(2)30-18)10-9-25(3)19(28)24-15-6-4-14(5-7-15)20(21,22)23/h4-8,11,13,18H,9-10H2,1-3H3,(H,24,28). The number of likely N-dealkylation sites (N-methyl/N-ethyl adjacent to an activating group) is 1. The first-order chi connectivity index (χ1) is 14.1. The molecule has 1 saturated heterocycles. The molecule has 2 atom stereocenters. The van der Waals surface area contributed by atoms with Crippen molar-refractivity contribution in [1.29, 1.82) is 0 Å². The largest absolute Gasteiger partial charge is 0.416 e. The van der Waals surface area contributed by atoms with Crippen LogP contribution in [0.3, 0.4) is 0 Å². The molecule has 0 bridgehead atoms. The smallest absolute Gasteiger partial charge is 0.326 e. The fourth-order valence-corrected chi connectivity index (χ4v) is 5.62. The van der Waals surface area contributed by atoms with E-state index in [4.69, 9.17) is 0 Å². The van der Waals surface area contributed by atoms with E-state index in [1.807, 2.05) is 25.3 Å². The number of rotatable bonds is 5. The lowest BCUT2D eigenvalue weighted by atomic mass is 10.2. The fraction of sp³-hybridized carbons (Fsp3) is 0.400. The number of thioether (sulfide) groups is 1. The number of nitrogens with zero attached hydrogens (tertiary/aromatic N) is 2. The van der Waals surface area contributed by atoms with Gasteiger partial charge < -0.3 is 15.1 Å². The summed E-state index contributed by atoms with van der Waals surface area (Å²) in [6.07, 6.45) is -4.42. The van der Waals surface area contributed by atoms with Crippen LogP contribution in [0.1, 0.15) is 28.3 Å². The molecule has 2 aromatic rings. The van der Waals surface area contributed by atoms with Crippen molar-refractivity contribution in [2.24, 2.45) is 0 Å². The molecule has 10 heteroatoms. The van der Waals surface area contributed by atoms with Crippen LogP contribution in [0.4, 0.5) is 23.7 Å². The number of alkyl halides is 3. The van der Waals surface area contributed by atoms with E-state index < -0.39 is 17.8 Å². The summed E-state index contributed by atoms with van der Waals surface area (Å²) in [5.41, 5.74) is 0.633. The third-order valence-corrected chi connectivity index (χ3v) is 7.44. The summed E-state index contributed by atoms with van der Waals surface area (Å²) >= 11 is 3.21. The first kappa shape index (κ1) is 22.5. The monoisotopic (exact) mass is 457 g/mol. The predicted octanol–water partition coefficient (Wildman–Crippen LogP) is 5.20. The number of hydrogen-bond acceptors (Lipinski definition) is 4. The Balaban J connectivity index is 1.59. The van der Waals surface area contributed by atoms with Gasteiger partial charge in [0.2, 0.25) is 5.91 Å². The van der Waals surface area contributed by atoms with Crippen LogP contribution in [-0.4, -0.2) is 47.1 Å². The minimum atomic E-state index is -4.42. The Morgan fingerprint density at radius 2 is 1.90 bits per heavy atom. The van der Waals surface area contributed by atoms with Crippen molar-refractivity contribution in [1.82, 2.24) is 9.80 Å². The number of carbonyl (C=O) groups excluding carboxylic acids is 2. The first-order valence-electron chi connectivity index (χ1n) is 9.27. The van der Waals surface area contributed by atoms with Gasteiger partial charge in [-0.15, -0.1) is 23.1 Å².